The van der Waals surface area contributed by atoms with Gasteiger partial charge in [-0.05, 0) is 17.7 Å². The number of nitrogens with one attached hydrogen (secondary N) is 2. The summed E-state index contributed by atoms with van der Waals surface area (Å²) in [4.78, 5) is 11.7. The van der Waals surface area contributed by atoms with E-state index in [0.29, 0.717) is 16.6 Å². The summed E-state index contributed by atoms with van der Waals surface area (Å²) in [6.07, 6.45) is -0.722. The van der Waals surface area contributed by atoms with Crippen molar-refractivity contribution in [1.82, 2.24) is 10.6 Å². The van der Waals surface area contributed by atoms with Gasteiger partial charge < -0.3 is 10.6 Å². The van der Waals surface area contributed by atoms with Gasteiger partial charge in [0.2, 0.25) is 5.91 Å². The largest absolute Gasteiger partial charge is 0.351 e. The number of halogens is 4. The first-order valence-corrected chi connectivity index (χ1v) is 6.41. The first-order valence-electron chi connectivity index (χ1n) is 5.65. The van der Waals surface area contributed by atoms with Crippen molar-refractivity contribution in [3.8, 4) is 0 Å². The molecule has 1 saturated heterocycles. The van der Waals surface area contributed by atoms with Gasteiger partial charge in [0.25, 0.3) is 0 Å². The third-order valence-corrected chi connectivity index (χ3v) is 3.45. The molecule has 106 valence electrons. The highest BCUT2D eigenvalue weighted by Crippen LogP contribution is 2.20. The molecule has 0 aliphatic carbocycles. The normalized spacial score (nSPS) is 21.8. The van der Waals surface area contributed by atoms with Crippen LogP contribution in [-0.2, 0) is 11.3 Å². The molecule has 0 bridgehead atoms. The van der Waals surface area contributed by atoms with E-state index in [1.807, 2.05) is 0 Å². The minimum absolute atomic E-state index is 0. The van der Waals surface area contributed by atoms with Crippen LogP contribution in [0.3, 0.4) is 0 Å². The van der Waals surface area contributed by atoms with Crippen molar-refractivity contribution in [3.05, 3.63) is 33.8 Å². The van der Waals surface area contributed by atoms with Crippen molar-refractivity contribution in [3.63, 3.8) is 0 Å². The molecule has 2 N–H and O–H groups in total. The molecule has 1 fully saturated rings. The SMILES string of the molecule is Cl.O=C(NCc1ccc(Cl)cc1Cl)[C@H]1C[C@H](F)CN1. The predicted octanol–water partition coefficient (Wildman–Crippen LogP) is 2.73. The number of rotatable bonds is 3. The van der Waals surface area contributed by atoms with Gasteiger partial charge in [0.15, 0.2) is 0 Å². The molecular formula is C12H14Cl3FN2O. The van der Waals surface area contributed by atoms with Gasteiger partial charge in [-0.1, -0.05) is 29.3 Å². The minimum Gasteiger partial charge on any atom is -0.351 e. The van der Waals surface area contributed by atoms with Gasteiger partial charge in [0.1, 0.15) is 6.17 Å². The summed E-state index contributed by atoms with van der Waals surface area (Å²) in [6, 6.07) is 4.63. The fourth-order valence-corrected chi connectivity index (χ4v) is 2.34. The number of benzene rings is 1. The van der Waals surface area contributed by atoms with Gasteiger partial charge in [0, 0.05) is 29.6 Å². The van der Waals surface area contributed by atoms with Gasteiger partial charge >= 0.3 is 0 Å². The Labute approximate surface area is 127 Å². The number of carbonyl (C=O) groups is 1. The number of alkyl halides is 1. The summed E-state index contributed by atoms with van der Waals surface area (Å²) < 4.78 is 12.9. The summed E-state index contributed by atoms with van der Waals surface area (Å²) in [7, 11) is 0. The zero-order valence-electron chi connectivity index (χ0n) is 9.96. The molecular weight excluding hydrogens is 314 g/mol. The second-order valence-corrected chi connectivity index (χ2v) is 5.09. The van der Waals surface area contributed by atoms with Crippen molar-refractivity contribution in [2.75, 3.05) is 6.54 Å². The molecule has 1 aromatic rings. The zero-order valence-corrected chi connectivity index (χ0v) is 12.3. The molecule has 2 atom stereocenters. The maximum absolute atomic E-state index is 12.9. The summed E-state index contributed by atoms with van der Waals surface area (Å²) in [6.45, 7) is 0.545. The number of carbonyl (C=O) groups excluding carboxylic acids is 1. The van der Waals surface area contributed by atoms with E-state index in [1.54, 1.807) is 18.2 Å². The highest BCUT2D eigenvalue weighted by molar-refractivity contribution is 6.35. The van der Waals surface area contributed by atoms with E-state index in [9.17, 15) is 9.18 Å². The van der Waals surface area contributed by atoms with E-state index in [1.165, 1.54) is 0 Å². The van der Waals surface area contributed by atoms with E-state index in [4.69, 9.17) is 23.2 Å². The maximum Gasteiger partial charge on any atom is 0.237 e. The predicted molar refractivity (Wildman–Crippen MR) is 76.9 cm³/mol. The Morgan fingerprint density at radius 1 is 1.47 bits per heavy atom. The Kier molecular flexibility index (Phi) is 6.33. The van der Waals surface area contributed by atoms with Gasteiger partial charge in [-0.2, -0.15) is 0 Å². The van der Waals surface area contributed by atoms with E-state index < -0.39 is 12.2 Å². The van der Waals surface area contributed by atoms with Crippen LogP contribution in [0.2, 0.25) is 10.0 Å². The van der Waals surface area contributed by atoms with Crippen LogP contribution in [0.5, 0.6) is 0 Å². The second kappa shape index (κ2) is 7.29. The third-order valence-electron chi connectivity index (χ3n) is 2.86. The molecule has 1 aromatic carbocycles. The quantitative estimate of drug-likeness (QED) is 0.896. The highest BCUT2D eigenvalue weighted by Gasteiger charge is 2.28. The summed E-state index contributed by atoms with van der Waals surface area (Å²) in [5.74, 6) is -0.207. The fraction of sp³-hybridized carbons (Fsp3) is 0.417. The van der Waals surface area contributed by atoms with Gasteiger partial charge in [0.05, 0.1) is 6.04 Å². The average Bonchev–Trinajstić information content (AvgIpc) is 2.74. The molecule has 1 aliphatic heterocycles. The van der Waals surface area contributed by atoms with Crippen LogP contribution in [0.4, 0.5) is 4.39 Å². The highest BCUT2D eigenvalue weighted by atomic mass is 35.5. The van der Waals surface area contributed by atoms with Crippen molar-refractivity contribution in [2.24, 2.45) is 0 Å². The van der Waals surface area contributed by atoms with Gasteiger partial charge in [-0.3, -0.25) is 4.79 Å². The summed E-state index contributed by atoms with van der Waals surface area (Å²) in [5.41, 5.74) is 0.782. The smallest absolute Gasteiger partial charge is 0.237 e. The van der Waals surface area contributed by atoms with E-state index in [-0.39, 0.29) is 31.3 Å². The Balaban J connectivity index is 0.00000180. The number of amides is 1. The van der Waals surface area contributed by atoms with Crippen LogP contribution in [0.15, 0.2) is 18.2 Å². The minimum atomic E-state index is -0.945. The Hall–Kier alpha value is -0.550. The lowest BCUT2D eigenvalue weighted by Gasteiger charge is -2.11. The molecule has 0 aromatic heterocycles. The molecule has 7 heteroatoms. The second-order valence-electron chi connectivity index (χ2n) is 4.25. The fourth-order valence-electron chi connectivity index (χ4n) is 1.86. The van der Waals surface area contributed by atoms with Crippen LogP contribution in [0.1, 0.15) is 12.0 Å². The van der Waals surface area contributed by atoms with Crippen LogP contribution < -0.4 is 10.6 Å². The van der Waals surface area contributed by atoms with Crippen LogP contribution in [0, 0.1) is 0 Å². The van der Waals surface area contributed by atoms with E-state index in [0.717, 1.165) is 5.56 Å². The van der Waals surface area contributed by atoms with Gasteiger partial charge in [-0.15, -0.1) is 12.4 Å². The molecule has 1 aliphatic rings. The molecule has 2 rings (SSSR count). The molecule has 1 amide bonds. The van der Waals surface area contributed by atoms with E-state index in [2.05, 4.69) is 10.6 Å². The number of hydrogen-bond acceptors (Lipinski definition) is 2. The van der Waals surface area contributed by atoms with Crippen LogP contribution in [0.25, 0.3) is 0 Å². The first kappa shape index (κ1) is 16.5. The molecule has 0 radical (unpaired) electrons. The standard InChI is InChI=1S/C12H13Cl2FN2O.ClH/c13-8-2-1-7(10(14)3-8)5-17-12(18)11-4-9(15)6-16-11;/h1-3,9,11,16H,4-6H2,(H,17,18);1H/t9-,11+;/m0./s1. The molecule has 0 saturated carbocycles. The third kappa shape index (κ3) is 4.49. The zero-order chi connectivity index (χ0) is 13.1. The van der Waals surface area contributed by atoms with Crippen LogP contribution in [-0.4, -0.2) is 24.7 Å². The Morgan fingerprint density at radius 3 is 2.79 bits per heavy atom. The van der Waals surface area contributed by atoms with Crippen LogP contribution >= 0.6 is 35.6 Å². The average molecular weight is 328 g/mol. The molecule has 1 heterocycles. The van der Waals surface area contributed by atoms with Crippen molar-refractivity contribution >= 4 is 41.5 Å². The molecule has 0 unspecified atom stereocenters. The Bertz CT molecular complexity index is 459. The summed E-state index contributed by atoms with van der Waals surface area (Å²) >= 11 is 11.8. The molecule has 3 nitrogen and oxygen atoms in total. The lowest BCUT2D eigenvalue weighted by Crippen LogP contribution is -2.40. The molecule has 19 heavy (non-hydrogen) atoms. The maximum atomic E-state index is 12.9. The van der Waals surface area contributed by atoms with Crippen molar-refractivity contribution in [1.29, 1.82) is 0 Å². The monoisotopic (exact) mass is 326 g/mol. The topological polar surface area (TPSA) is 41.1 Å². The lowest BCUT2D eigenvalue weighted by molar-refractivity contribution is -0.123. The lowest BCUT2D eigenvalue weighted by atomic mass is 10.2. The van der Waals surface area contributed by atoms with Crippen molar-refractivity contribution in [2.45, 2.75) is 25.2 Å². The Morgan fingerprint density at radius 2 is 2.21 bits per heavy atom. The van der Waals surface area contributed by atoms with E-state index >= 15 is 0 Å². The van der Waals surface area contributed by atoms with Gasteiger partial charge in [-0.25, -0.2) is 4.39 Å². The summed E-state index contributed by atoms with van der Waals surface area (Å²) in [5, 5.41) is 6.61. The van der Waals surface area contributed by atoms with Crippen molar-refractivity contribution < 1.29 is 9.18 Å². The number of hydrogen-bond donors (Lipinski definition) is 2. The molecule has 0 spiro atoms. The first-order chi connectivity index (χ1) is 8.56.